The molecule has 0 saturated heterocycles. The van der Waals surface area contributed by atoms with E-state index >= 15 is 0 Å². The van der Waals surface area contributed by atoms with E-state index in [1.54, 1.807) is 43.2 Å². The lowest BCUT2D eigenvalue weighted by Crippen LogP contribution is -2.27. The van der Waals surface area contributed by atoms with E-state index in [1.807, 2.05) is 0 Å². The number of carbonyl (C=O) groups excluding carboxylic acids is 1. The fourth-order valence-corrected chi connectivity index (χ4v) is 2.62. The Morgan fingerprint density at radius 1 is 1.38 bits per heavy atom. The maximum absolute atomic E-state index is 12.4. The van der Waals surface area contributed by atoms with Crippen molar-refractivity contribution in [2.24, 2.45) is 0 Å². The molecule has 0 unspecified atom stereocenters. The highest BCUT2D eigenvalue weighted by atomic mass is 35.5. The molecule has 0 saturated carbocycles. The molecule has 0 aliphatic carbocycles. The molecule has 0 bridgehead atoms. The van der Waals surface area contributed by atoms with Crippen LogP contribution >= 0.6 is 22.9 Å². The quantitative estimate of drug-likeness (QED) is 0.738. The fourth-order valence-electron chi connectivity index (χ4n) is 1.73. The molecule has 3 rings (SSSR count). The van der Waals surface area contributed by atoms with Crippen LogP contribution in [0.5, 0.6) is 0 Å². The molecule has 0 spiro atoms. The van der Waals surface area contributed by atoms with E-state index in [-0.39, 0.29) is 5.91 Å². The van der Waals surface area contributed by atoms with Crippen LogP contribution < -0.4 is 4.90 Å². The van der Waals surface area contributed by atoms with Crippen molar-refractivity contribution in [2.45, 2.75) is 0 Å². The molecule has 0 aromatic carbocycles. The molecule has 0 N–H and O–H groups in total. The van der Waals surface area contributed by atoms with Crippen molar-refractivity contribution in [1.82, 2.24) is 9.97 Å². The number of carbonyl (C=O) groups is 1. The van der Waals surface area contributed by atoms with E-state index in [0.717, 1.165) is 10.6 Å². The normalized spacial score (nSPS) is 10.6. The second kappa shape index (κ2) is 5.67. The largest absolute Gasteiger partial charge is 0.472 e. The van der Waals surface area contributed by atoms with Crippen molar-refractivity contribution in [2.75, 3.05) is 11.9 Å². The van der Waals surface area contributed by atoms with Gasteiger partial charge in [-0.05, 0) is 18.2 Å². The van der Waals surface area contributed by atoms with Gasteiger partial charge in [0, 0.05) is 24.2 Å². The monoisotopic (exact) mass is 319 g/mol. The first-order valence-corrected chi connectivity index (χ1v) is 7.28. The number of anilines is 1. The maximum Gasteiger partial charge on any atom is 0.278 e. The zero-order chi connectivity index (χ0) is 14.8. The fraction of sp³-hybridized carbons (Fsp3) is 0.0714. The summed E-state index contributed by atoms with van der Waals surface area (Å²) in [6.45, 7) is 0. The Balaban J connectivity index is 1.83. The summed E-state index contributed by atoms with van der Waals surface area (Å²) in [6.07, 6.45) is 4.66. The minimum atomic E-state index is -0.226. The Labute approximate surface area is 129 Å². The summed E-state index contributed by atoms with van der Waals surface area (Å²) < 4.78 is 5.02. The lowest BCUT2D eigenvalue weighted by Gasteiger charge is -2.14. The van der Waals surface area contributed by atoms with Crippen molar-refractivity contribution >= 4 is 34.7 Å². The van der Waals surface area contributed by atoms with Crippen molar-refractivity contribution in [3.05, 3.63) is 53.0 Å². The van der Waals surface area contributed by atoms with Crippen LogP contribution in [0.25, 0.3) is 10.6 Å². The average molecular weight is 320 g/mol. The number of nitrogens with zero attached hydrogens (tertiary/aromatic N) is 3. The SMILES string of the molecule is CN(C(=O)c1csc(-c2ccoc2)n1)c1ccc(Cl)cn1. The van der Waals surface area contributed by atoms with Crippen LogP contribution in [0.15, 0.2) is 46.7 Å². The number of hydrogen-bond acceptors (Lipinski definition) is 5. The molecule has 3 heterocycles. The average Bonchev–Trinajstić information content (AvgIpc) is 3.17. The lowest BCUT2D eigenvalue weighted by molar-refractivity contribution is 0.0988. The molecule has 0 aliphatic heterocycles. The highest BCUT2D eigenvalue weighted by Crippen LogP contribution is 2.25. The number of furan rings is 1. The number of hydrogen-bond donors (Lipinski definition) is 0. The van der Waals surface area contributed by atoms with Gasteiger partial charge in [0.2, 0.25) is 0 Å². The van der Waals surface area contributed by atoms with E-state index in [4.69, 9.17) is 16.0 Å². The van der Waals surface area contributed by atoms with E-state index in [1.165, 1.54) is 22.4 Å². The zero-order valence-electron chi connectivity index (χ0n) is 11.0. The minimum absolute atomic E-state index is 0.226. The highest BCUT2D eigenvalue weighted by Gasteiger charge is 2.18. The third kappa shape index (κ3) is 2.81. The molecule has 5 nitrogen and oxygen atoms in total. The maximum atomic E-state index is 12.4. The van der Waals surface area contributed by atoms with Crippen molar-refractivity contribution in [3.63, 3.8) is 0 Å². The van der Waals surface area contributed by atoms with Gasteiger partial charge in [0.1, 0.15) is 22.8 Å². The first kappa shape index (κ1) is 13.8. The molecule has 0 fully saturated rings. The molecule has 0 atom stereocenters. The molecular formula is C14H10ClN3O2S. The van der Waals surface area contributed by atoms with Crippen LogP contribution in [0, 0.1) is 0 Å². The van der Waals surface area contributed by atoms with Gasteiger partial charge in [0.05, 0.1) is 11.3 Å². The number of halogens is 1. The first-order valence-electron chi connectivity index (χ1n) is 6.03. The number of rotatable bonds is 3. The Bertz CT molecular complexity index is 753. The van der Waals surface area contributed by atoms with Gasteiger partial charge in [0.25, 0.3) is 5.91 Å². The van der Waals surface area contributed by atoms with Crippen LogP contribution in [0.2, 0.25) is 5.02 Å². The number of amides is 1. The van der Waals surface area contributed by atoms with Gasteiger partial charge >= 0.3 is 0 Å². The molecule has 3 aromatic heterocycles. The van der Waals surface area contributed by atoms with E-state index in [2.05, 4.69) is 9.97 Å². The Morgan fingerprint density at radius 3 is 2.90 bits per heavy atom. The van der Waals surface area contributed by atoms with Gasteiger partial charge in [-0.2, -0.15) is 0 Å². The summed E-state index contributed by atoms with van der Waals surface area (Å²) in [4.78, 5) is 22.3. The summed E-state index contributed by atoms with van der Waals surface area (Å²) in [6, 6.07) is 5.17. The van der Waals surface area contributed by atoms with Crippen molar-refractivity contribution in [3.8, 4) is 10.6 Å². The van der Waals surface area contributed by atoms with Crippen LogP contribution in [0.3, 0.4) is 0 Å². The second-order valence-corrected chi connectivity index (χ2v) is 5.54. The summed E-state index contributed by atoms with van der Waals surface area (Å²) in [5, 5.41) is 2.98. The number of pyridine rings is 1. The van der Waals surface area contributed by atoms with Gasteiger partial charge < -0.3 is 4.42 Å². The Hall–Kier alpha value is -2.18. The molecule has 0 radical (unpaired) electrons. The molecular weight excluding hydrogens is 310 g/mol. The van der Waals surface area contributed by atoms with Gasteiger partial charge in [-0.15, -0.1) is 11.3 Å². The van der Waals surface area contributed by atoms with Crippen molar-refractivity contribution in [1.29, 1.82) is 0 Å². The van der Waals surface area contributed by atoms with Gasteiger partial charge in [-0.3, -0.25) is 9.69 Å². The topological polar surface area (TPSA) is 59.2 Å². The van der Waals surface area contributed by atoms with Gasteiger partial charge in [0.15, 0.2) is 0 Å². The predicted molar refractivity (Wildman–Crippen MR) is 81.8 cm³/mol. The van der Waals surface area contributed by atoms with E-state index in [0.29, 0.717) is 16.5 Å². The molecule has 0 aliphatic rings. The molecule has 1 amide bonds. The van der Waals surface area contributed by atoms with Crippen LogP contribution in [-0.4, -0.2) is 22.9 Å². The Kier molecular flexibility index (Phi) is 3.72. The predicted octanol–water partition coefficient (Wildman–Crippen LogP) is 3.73. The van der Waals surface area contributed by atoms with Crippen LogP contribution in [-0.2, 0) is 0 Å². The standard InChI is InChI=1S/C14H10ClN3O2S/c1-18(12-3-2-10(15)6-16-12)14(19)11-8-21-13(17-11)9-4-5-20-7-9/h2-8H,1H3. The molecule has 21 heavy (non-hydrogen) atoms. The summed E-state index contributed by atoms with van der Waals surface area (Å²) >= 11 is 7.18. The van der Waals surface area contributed by atoms with Gasteiger partial charge in [-0.25, -0.2) is 9.97 Å². The highest BCUT2D eigenvalue weighted by molar-refractivity contribution is 7.13. The third-order valence-electron chi connectivity index (χ3n) is 2.85. The minimum Gasteiger partial charge on any atom is -0.472 e. The van der Waals surface area contributed by atoms with Gasteiger partial charge in [-0.1, -0.05) is 11.6 Å². The molecule has 106 valence electrons. The Morgan fingerprint density at radius 2 is 2.24 bits per heavy atom. The lowest BCUT2D eigenvalue weighted by atomic mass is 10.3. The summed E-state index contributed by atoms with van der Waals surface area (Å²) in [5.41, 5.74) is 1.22. The molecule has 3 aromatic rings. The zero-order valence-corrected chi connectivity index (χ0v) is 12.6. The summed E-state index contributed by atoms with van der Waals surface area (Å²) in [5.74, 6) is 0.290. The van der Waals surface area contributed by atoms with E-state index < -0.39 is 0 Å². The van der Waals surface area contributed by atoms with Crippen LogP contribution in [0.1, 0.15) is 10.5 Å². The van der Waals surface area contributed by atoms with Crippen molar-refractivity contribution < 1.29 is 9.21 Å². The number of thiazole rings is 1. The third-order valence-corrected chi connectivity index (χ3v) is 3.97. The number of aromatic nitrogens is 2. The molecule has 7 heteroatoms. The summed E-state index contributed by atoms with van der Waals surface area (Å²) in [7, 11) is 1.65. The smallest absolute Gasteiger partial charge is 0.278 e. The first-order chi connectivity index (χ1) is 10.1. The van der Waals surface area contributed by atoms with E-state index in [9.17, 15) is 4.79 Å². The van der Waals surface area contributed by atoms with Crippen LogP contribution in [0.4, 0.5) is 5.82 Å². The second-order valence-electron chi connectivity index (χ2n) is 4.25.